The fourth-order valence-corrected chi connectivity index (χ4v) is 3.97. The molecule has 108 valence electrons. The lowest BCUT2D eigenvalue weighted by Gasteiger charge is -2.29. The Morgan fingerprint density at radius 3 is 2.68 bits per heavy atom. The molecule has 2 amide bonds. The first kappa shape index (κ1) is 14.5. The highest BCUT2D eigenvalue weighted by atomic mass is 32.2. The highest BCUT2D eigenvalue weighted by molar-refractivity contribution is 7.99. The van der Waals surface area contributed by atoms with Crippen molar-refractivity contribution >= 4 is 23.8 Å². The van der Waals surface area contributed by atoms with Gasteiger partial charge in [0.25, 0.3) is 0 Å². The molecule has 2 unspecified atom stereocenters. The Hall–Kier alpha value is -0.910. The Bertz CT molecular complexity index is 369. The maximum absolute atomic E-state index is 12.1. The summed E-state index contributed by atoms with van der Waals surface area (Å²) in [5, 5.41) is 12.5. The van der Waals surface area contributed by atoms with Crippen molar-refractivity contribution in [2.75, 3.05) is 24.6 Å². The summed E-state index contributed by atoms with van der Waals surface area (Å²) in [7, 11) is 0. The lowest BCUT2D eigenvalue weighted by molar-refractivity contribution is -0.150. The predicted octanol–water partition coefficient (Wildman–Crippen LogP) is 1.63. The van der Waals surface area contributed by atoms with Gasteiger partial charge < -0.3 is 15.3 Å². The van der Waals surface area contributed by atoms with Gasteiger partial charge in [-0.3, -0.25) is 4.79 Å². The number of thioether (sulfide) groups is 1. The van der Waals surface area contributed by atoms with Gasteiger partial charge in [0.1, 0.15) is 0 Å². The van der Waals surface area contributed by atoms with Gasteiger partial charge in [0.2, 0.25) is 0 Å². The monoisotopic (exact) mass is 286 g/mol. The molecule has 2 atom stereocenters. The van der Waals surface area contributed by atoms with E-state index < -0.39 is 11.4 Å². The zero-order chi connectivity index (χ0) is 14.0. The van der Waals surface area contributed by atoms with Crippen molar-refractivity contribution in [2.45, 2.75) is 32.7 Å². The fraction of sp³-hybridized carbons (Fsp3) is 0.846. The first-order chi connectivity index (χ1) is 8.95. The molecule has 0 bridgehead atoms. The molecule has 2 N–H and O–H groups in total. The summed E-state index contributed by atoms with van der Waals surface area (Å²) in [5.41, 5.74) is -0.776. The number of amides is 2. The predicted molar refractivity (Wildman–Crippen MR) is 75.4 cm³/mol. The number of hydrogen-bond donors (Lipinski definition) is 2. The summed E-state index contributed by atoms with van der Waals surface area (Å²) in [6.07, 6.45) is 1.56. The molecule has 0 saturated carbocycles. The molecule has 0 aromatic carbocycles. The number of nitrogens with zero attached hydrogens (tertiary/aromatic N) is 1. The fourth-order valence-electron chi connectivity index (χ4n) is 2.81. The van der Waals surface area contributed by atoms with Crippen LogP contribution in [0.15, 0.2) is 0 Å². The Morgan fingerprint density at radius 2 is 2.21 bits per heavy atom. The highest BCUT2D eigenvalue weighted by Gasteiger charge is 2.48. The number of carbonyl (C=O) groups is 2. The topological polar surface area (TPSA) is 69.6 Å². The van der Waals surface area contributed by atoms with E-state index >= 15 is 0 Å². The van der Waals surface area contributed by atoms with Crippen LogP contribution in [-0.2, 0) is 4.79 Å². The van der Waals surface area contributed by atoms with Crippen molar-refractivity contribution in [1.82, 2.24) is 10.2 Å². The van der Waals surface area contributed by atoms with Crippen LogP contribution in [0.1, 0.15) is 26.7 Å². The standard InChI is InChI=1S/C13H22N2O3S/c1-9(2)13(11(16)17)4-5-15(8-13)12(18)14-10-3-6-19-7-10/h9-10H,3-8H2,1-2H3,(H,14,18)(H,16,17). The molecule has 2 heterocycles. The van der Waals surface area contributed by atoms with Crippen LogP contribution in [0, 0.1) is 11.3 Å². The minimum atomic E-state index is -0.783. The van der Waals surface area contributed by atoms with Crippen LogP contribution in [0.3, 0.4) is 0 Å². The summed E-state index contributed by atoms with van der Waals surface area (Å²) < 4.78 is 0. The molecule has 2 aliphatic rings. The Morgan fingerprint density at radius 1 is 1.47 bits per heavy atom. The molecule has 0 aliphatic carbocycles. The maximum atomic E-state index is 12.1. The highest BCUT2D eigenvalue weighted by Crippen LogP contribution is 2.38. The second-order valence-corrected chi connectivity index (χ2v) is 6.95. The third-order valence-corrected chi connectivity index (χ3v) is 5.54. The van der Waals surface area contributed by atoms with Gasteiger partial charge in [0, 0.05) is 24.9 Å². The van der Waals surface area contributed by atoms with Gasteiger partial charge in [-0.1, -0.05) is 13.8 Å². The molecule has 0 aromatic heterocycles. The molecule has 2 saturated heterocycles. The lowest BCUT2D eigenvalue weighted by atomic mass is 9.76. The lowest BCUT2D eigenvalue weighted by Crippen LogP contribution is -2.46. The zero-order valence-electron chi connectivity index (χ0n) is 11.5. The second kappa shape index (κ2) is 5.61. The third kappa shape index (κ3) is 2.83. The van der Waals surface area contributed by atoms with E-state index in [2.05, 4.69) is 5.32 Å². The first-order valence-electron chi connectivity index (χ1n) is 6.82. The summed E-state index contributed by atoms with van der Waals surface area (Å²) in [6, 6.07) is 0.146. The van der Waals surface area contributed by atoms with Crippen molar-refractivity contribution in [3.8, 4) is 0 Å². The Kier molecular flexibility index (Phi) is 4.28. The van der Waals surface area contributed by atoms with E-state index in [4.69, 9.17) is 0 Å². The summed E-state index contributed by atoms with van der Waals surface area (Å²) in [4.78, 5) is 25.3. The molecule has 2 aliphatic heterocycles. The number of nitrogens with one attached hydrogen (secondary N) is 1. The Balaban J connectivity index is 1.96. The van der Waals surface area contributed by atoms with E-state index in [0.29, 0.717) is 19.5 Å². The number of carboxylic acid groups (broad SMARTS) is 1. The van der Waals surface area contributed by atoms with Crippen LogP contribution in [-0.4, -0.2) is 52.6 Å². The molecule has 5 nitrogen and oxygen atoms in total. The van der Waals surface area contributed by atoms with Crippen LogP contribution in [0.5, 0.6) is 0 Å². The smallest absolute Gasteiger partial charge is 0.317 e. The van der Waals surface area contributed by atoms with Crippen molar-refractivity contribution in [1.29, 1.82) is 0 Å². The van der Waals surface area contributed by atoms with E-state index in [1.54, 1.807) is 4.90 Å². The van der Waals surface area contributed by atoms with Crippen LogP contribution < -0.4 is 5.32 Å². The molecule has 6 heteroatoms. The van der Waals surface area contributed by atoms with E-state index in [9.17, 15) is 14.7 Å². The Labute approximate surface area is 118 Å². The van der Waals surface area contributed by atoms with E-state index in [1.165, 1.54) is 0 Å². The summed E-state index contributed by atoms with van der Waals surface area (Å²) in [6.45, 7) is 4.70. The molecule has 0 spiro atoms. The van der Waals surface area contributed by atoms with Gasteiger partial charge in [0.15, 0.2) is 0 Å². The van der Waals surface area contributed by atoms with Crippen molar-refractivity contribution < 1.29 is 14.7 Å². The van der Waals surface area contributed by atoms with Crippen molar-refractivity contribution in [3.63, 3.8) is 0 Å². The number of aliphatic carboxylic acids is 1. The molecule has 19 heavy (non-hydrogen) atoms. The van der Waals surface area contributed by atoms with Gasteiger partial charge in [-0.05, 0) is 24.5 Å². The molecule has 0 aromatic rings. The largest absolute Gasteiger partial charge is 0.481 e. The van der Waals surface area contributed by atoms with E-state index in [1.807, 2.05) is 25.6 Å². The normalized spacial score (nSPS) is 30.9. The maximum Gasteiger partial charge on any atom is 0.317 e. The van der Waals surface area contributed by atoms with Crippen molar-refractivity contribution in [2.24, 2.45) is 11.3 Å². The van der Waals surface area contributed by atoms with Crippen LogP contribution in [0.4, 0.5) is 4.79 Å². The van der Waals surface area contributed by atoms with Crippen LogP contribution in [0.2, 0.25) is 0 Å². The number of urea groups is 1. The number of hydrogen-bond acceptors (Lipinski definition) is 3. The molecule has 0 radical (unpaired) electrons. The van der Waals surface area contributed by atoms with Gasteiger partial charge in [0.05, 0.1) is 5.41 Å². The minimum Gasteiger partial charge on any atom is -0.481 e. The number of carboxylic acids is 1. The average molecular weight is 286 g/mol. The zero-order valence-corrected chi connectivity index (χ0v) is 12.3. The van der Waals surface area contributed by atoms with Crippen LogP contribution in [0.25, 0.3) is 0 Å². The van der Waals surface area contributed by atoms with Gasteiger partial charge >= 0.3 is 12.0 Å². The molecule has 2 fully saturated rings. The summed E-state index contributed by atoms with van der Waals surface area (Å²) >= 11 is 1.85. The average Bonchev–Trinajstić information content (AvgIpc) is 2.97. The first-order valence-corrected chi connectivity index (χ1v) is 7.98. The van der Waals surface area contributed by atoms with Gasteiger partial charge in [-0.25, -0.2) is 4.79 Å². The van der Waals surface area contributed by atoms with Gasteiger partial charge in [-0.15, -0.1) is 0 Å². The minimum absolute atomic E-state index is 0.0323. The van der Waals surface area contributed by atoms with Crippen LogP contribution >= 0.6 is 11.8 Å². The SMILES string of the molecule is CC(C)C1(C(=O)O)CCN(C(=O)NC2CCSC2)C1. The molecular weight excluding hydrogens is 264 g/mol. The van der Waals surface area contributed by atoms with Gasteiger partial charge in [-0.2, -0.15) is 11.8 Å². The number of carbonyl (C=O) groups excluding carboxylic acids is 1. The van der Waals surface area contributed by atoms with Crippen molar-refractivity contribution in [3.05, 3.63) is 0 Å². The van der Waals surface area contributed by atoms with E-state index in [0.717, 1.165) is 17.9 Å². The molecule has 2 rings (SSSR count). The van der Waals surface area contributed by atoms with E-state index in [-0.39, 0.29) is 18.0 Å². The third-order valence-electron chi connectivity index (χ3n) is 4.38. The summed E-state index contributed by atoms with van der Waals surface area (Å²) in [5.74, 6) is 1.31. The number of likely N-dealkylation sites (tertiary alicyclic amines) is 1. The second-order valence-electron chi connectivity index (χ2n) is 5.80. The quantitative estimate of drug-likeness (QED) is 0.827. The number of rotatable bonds is 3. The molecular formula is C13H22N2O3S.